The maximum absolute atomic E-state index is 13.4. The second-order valence-electron chi connectivity index (χ2n) is 7.78. The van der Waals surface area contributed by atoms with Crippen molar-refractivity contribution >= 4 is 17.3 Å². The van der Waals surface area contributed by atoms with Crippen LogP contribution >= 0.6 is 0 Å². The molecule has 2 aromatic heterocycles. The highest BCUT2D eigenvalue weighted by atomic mass is 19.3. The number of nitrogens with zero attached hydrogens (tertiary/aromatic N) is 5. The lowest BCUT2D eigenvalue weighted by molar-refractivity contribution is 0.00601. The van der Waals surface area contributed by atoms with Crippen LogP contribution in [0.4, 0.5) is 14.6 Å². The number of allylic oxidation sites excluding steroid dienone is 1. The number of alkyl halides is 2. The summed E-state index contributed by atoms with van der Waals surface area (Å²) in [6, 6.07) is 4.05. The van der Waals surface area contributed by atoms with Crippen LogP contribution in [0.3, 0.4) is 0 Å². The molecule has 0 radical (unpaired) electrons. The molecule has 0 aromatic carbocycles. The molecular formula is C20H22F2N6O. The highest BCUT2D eigenvalue weighted by Gasteiger charge is 2.44. The van der Waals surface area contributed by atoms with E-state index in [2.05, 4.69) is 15.0 Å². The molecule has 152 valence electrons. The fraction of sp³-hybridized carbons (Fsp3) is 0.450. The van der Waals surface area contributed by atoms with Gasteiger partial charge in [-0.15, -0.1) is 0 Å². The van der Waals surface area contributed by atoms with Crippen LogP contribution < -0.4 is 4.90 Å². The van der Waals surface area contributed by atoms with E-state index < -0.39 is 5.92 Å². The van der Waals surface area contributed by atoms with Gasteiger partial charge in [0.1, 0.15) is 18.1 Å². The summed E-state index contributed by atoms with van der Waals surface area (Å²) >= 11 is 0. The third-order valence-corrected chi connectivity index (χ3v) is 5.85. The number of halogens is 2. The average Bonchev–Trinajstić information content (AvgIpc) is 3.24. The SMILES string of the molecule is C/C=C1\C(=N)OCc2cn(-c3ccc(N4CC(N5CCC(F)(F)C5)C4)nc3)nc21. The van der Waals surface area contributed by atoms with Crippen molar-refractivity contribution in [3.63, 3.8) is 0 Å². The van der Waals surface area contributed by atoms with Crippen molar-refractivity contribution in [2.45, 2.75) is 31.9 Å². The molecule has 7 nitrogen and oxygen atoms in total. The lowest BCUT2D eigenvalue weighted by atomic mass is 10.1. The summed E-state index contributed by atoms with van der Waals surface area (Å²) in [7, 11) is 0. The Morgan fingerprint density at radius 2 is 2.14 bits per heavy atom. The zero-order valence-electron chi connectivity index (χ0n) is 16.1. The maximum Gasteiger partial charge on any atom is 0.261 e. The molecule has 0 saturated carbocycles. The van der Waals surface area contributed by atoms with Crippen molar-refractivity contribution in [1.82, 2.24) is 19.7 Å². The largest absolute Gasteiger partial charge is 0.473 e. The van der Waals surface area contributed by atoms with Crippen LogP contribution in [0, 0.1) is 5.41 Å². The summed E-state index contributed by atoms with van der Waals surface area (Å²) in [6.07, 6.45) is 5.45. The van der Waals surface area contributed by atoms with Gasteiger partial charge in [-0.25, -0.2) is 18.4 Å². The Hall–Kier alpha value is -2.81. The van der Waals surface area contributed by atoms with Gasteiger partial charge in [0, 0.05) is 43.9 Å². The predicted molar refractivity (Wildman–Crippen MR) is 105 cm³/mol. The zero-order chi connectivity index (χ0) is 20.2. The lowest BCUT2D eigenvalue weighted by Gasteiger charge is -2.44. The molecule has 0 atom stereocenters. The summed E-state index contributed by atoms with van der Waals surface area (Å²) in [5.74, 6) is -1.56. The molecule has 9 heteroatoms. The molecule has 5 rings (SSSR count). The van der Waals surface area contributed by atoms with Gasteiger partial charge in [-0.3, -0.25) is 10.3 Å². The molecular weight excluding hydrogens is 378 g/mol. The number of ether oxygens (including phenoxy) is 1. The quantitative estimate of drug-likeness (QED) is 0.858. The van der Waals surface area contributed by atoms with Gasteiger partial charge in [0.2, 0.25) is 5.90 Å². The second-order valence-corrected chi connectivity index (χ2v) is 7.78. The Balaban J connectivity index is 1.27. The van der Waals surface area contributed by atoms with Crippen LogP contribution in [-0.2, 0) is 11.3 Å². The number of fused-ring (bicyclic) bond motifs is 1. The van der Waals surface area contributed by atoms with Crippen LogP contribution in [-0.4, -0.2) is 63.7 Å². The van der Waals surface area contributed by atoms with Crippen molar-refractivity contribution in [1.29, 1.82) is 5.41 Å². The highest BCUT2D eigenvalue weighted by molar-refractivity contribution is 6.18. The van der Waals surface area contributed by atoms with Gasteiger partial charge in [-0.1, -0.05) is 6.08 Å². The van der Waals surface area contributed by atoms with E-state index in [4.69, 9.17) is 10.1 Å². The van der Waals surface area contributed by atoms with Crippen molar-refractivity contribution in [3.05, 3.63) is 41.9 Å². The zero-order valence-corrected chi connectivity index (χ0v) is 16.1. The van der Waals surface area contributed by atoms with Crippen molar-refractivity contribution in [2.75, 3.05) is 31.1 Å². The van der Waals surface area contributed by atoms with Crippen LogP contribution in [0.5, 0.6) is 0 Å². The first-order valence-electron chi connectivity index (χ1n) is 9.74. The molecule has 0 amide bonds. The molecule has 1 N–H and O–H groups in total. The first kappa shape index (κ1) is 18.2. The minimum atomic E-state index is -2.54. The smallest absolute Gasteiger partial charge is 0.261 e. The van der Waals surface area contributed by atoms with Gasteiger partial charge in [0.15, 0.2) is 0 Å². The highest BCUT2D eigenvalue weighted by Crippen LogP contribution is 2.32. The van der Waals surface area contributed by atoms with Crippen molar-refractivity contribution in [3.8, 4) is 5.69 Å². The van der Waals surface area contributed by atoms with Gasteiger partial charge in [0.25, 0.3) is 5.92 Å². The summed E-state index contributed by atoms with van der Waals surface area (Å²) in [5.41, 5.74) is 3.21. The molecule has 3 aliphatic heterocycles. The summed E-state index contributed by atoms with van der Waals surface area (Å²) in [4.78, 5) is 8.53. The summed E-state index contributed by atoms with van der Waals surface area (Å²) in [6.45, 7) is 3.99. The Bertz CT molecular complexity index is 977. The number of nitrogens with one attached hydrogen (secondary N) is 1. The topological polar surface area (TPSA) is 70.3 Å². The molecule has 3 aliphatic rings. The first-order valence-corrected chi connectivity index (χ1v) is 9.74. The van der Waals surface area contributed by atoms with E-state index in [1.807, 2.05) is 36.2 Å². The van der Waals surface area contributed by atoms with Crippen LogP contribution in [0.1, 0.15) is 24.6 Å². The number of hydrogen-bond donors (Lipinski definition) is 1. The average molecular weight is 400 g/mol. The summed E-state index contributed by atoms with van der Waals surface area (Å²) < 4.78 is 33.9. The third-order valence-electron chi connectivity index (χ3n) is 5.85. The maximum atomic E-state index is 13.4. The van der Waals surface area contributed by atoms with Crippen LogP contribution in [0.2, 0.25) is 0 Å². The fourth-order valence-electron chi connectivity index (χ4n) is 4.13. The molecule has 2 aromatic rings. The number of likely N-dealkylation sites (tertiary alicyclic amines) is 1. The molecule has 5 heterocycles. The molecule has 29 heavy (non-hydrogen) atoms. The number of anilines is 1. The van der Waals surface area contributed by atoms with E-state index in [-0.39, 0.29) is 24.9 Å². The van der Waals surface area contributed by atoms with Gasteiger partial charge in [-0.2, -0.15) is 5.10 Å². The van der Waals surface area contributed by atoms with E-state index in [9.17, 15) is 8.78 Å². The normalized spacial score (nSPS) is 23.2. The van der Waals surface area contributed by atoms with E-state index >= 15 is 0 Å². The number of rotatable bonds is 3. The number of hydrogen-bond acceptors (Lipinski definition) is 6. The Kier molecular flexibility index (Phi) is 4.16. The van der Waals surface area contributed by atoms with Gasteiger partial charge < -0.3 is 9.64 Å². The molecule has 0 aliphatic carbocycles. The Morgan fingerprint density at radius 1 is 1.31 bits per heavy atom. The first-order chi connectivity index (χ1) is 13.9. The fourth-order valence-corrected chi connectivity index (χ4v) is 4.13. The van der Waals surface area contributed by atoms with Crippen LogP contribution in [0.15, 0.2) is 30.6 Å². The monoisotopic (exact) mass is 400 g/mol. The predicted octanol–water partition coefficient (Wildman–Crippen LogP) is 2.71. The van der Waals surface area contributed by atoms with E-state index in [0.717, 1.165) is 35.9 Å². The standard InChI is InChI=1S/C20H22F2N6O/c1-2-16-18-13(11-29-19(16)23)8-28(25-18)14-3-4-17(24-7-14)27-9-15(10-27)26-6-5-20(21,22)12-26/h2-4,7-8,15,23H,5-6,9-12H2,1H3/b16-2-,23-19?. The van der Waals surface area contributed by atoms with E-state index in [1.54, 1.807) is 10.9 Å². The van der Waals surface area contributed by atoms with Gasteiger partial charge in [-0.05, 0) is 19.1 Å². The molecule has 2 saturated heterocycles. The molecule has 0 bridgehead atoms. The minimum absolute atomic E-state index is 0.0380. The lowest BCUT2D eigenvalue weighted by Crippen LogP contribution is -2.59. The number of aromatic nitrogens is 3. The minimum Gasteiger partial charge on any atom is -0.473 e. The summed E-state index contributed by atoms with van der Waals surface area (Å²) in [5, 5.41) is 12.5. The molecule has 0 unspecified atom stereocenters. The molecule has 0 spiro atoms. The van der Waals surface area contributed by atoms with Crippen molar-refractivity contribution < 1.29 is 13.5 Å². The van der Waals surface area contributed by atoms with Gasteiger partial charge >= 0.3 is 0 Å². The number of pyridine rings is 1. The molecule has 2 fully saturated rings. The van der Waals surface area contributed by atoms with E-state index in [1.165, 1.54) is 0 Å². The third kappa shape index (κ3) is 3.19. The Labute approximate surface area is 167 Å². The van der Waals surface area contributed by atoms with E-state index in [0.29, 0.717) is 18.7 Å². The second kappa shape index (κ2) is 6.62. The van der Waals surface area contributed by atoms with Gasteiger partial charge in [0.05, 0.1) is 24.0 Å². The van der Waals surface area contributed by atoms with Crippen molar-refractivity contribution in [2.24, 2.45) is 0 Å². The van der Waals surface area contributed by atoms with Crippen LogP contribution in [0.25, 0.3) is 11.3 Å². The Morgan fingerprint density at radius 3 is 2.79 bits per heavy atom.